The van der Waals surface area contributed by atoms with Crippen LogP contribution in [0, 0.1) is 18.3 Å². The van der Waals surface area contributed by atoms with Gasteiger partial charge in [0.15, 0.2) is 0 Å². The van der Waals surface area contributed by atoms with Gasteiger partial charge in [0.25, 0.3) is 5.56 Å². The molecule has 0 bridgehead atoms. The van der Waals surface area contributed by atoms with Crippen LogP contribution in [0.2, 0.25) is 0 Å². The maximum Gasteiger partial charge on any atom is 0.275 e. The third-order valence-electron chi connectivity index (χ3n) is 4.59. The normalized spacial score (nSPS) is 14.6. The van der Waals surface area contributed by atoms with Crippen LogP contribution in [0.15, 0.2) is 29.1 Å². The van der Waals surface area contributed by atoms with E-state index >= 15 is 0 Å². The van der Waals surface area contributed by atoms with Gasteiger partial charge in [-0.1, -0.05) is 37.0 Å². The highest BCUT2D eigenvalue weighted by atomic mass is 16.1. The Bertz CT molecular complexity index is 842. The van der Waals surface area contributed by atoms with Crippen LogP contribution >= 0.6 is 0 Å². The van der Waals surface area contributed by atoms with Crippen molar-refractivity contribution in [1.29, 1.82) is 0 Å². The van der Waals surface area contributed by atoms with Gasteiger partial charge >= 0.3 is 0 Å². The van der Waals surface area contributed by atoms with E-state index in [9.17, 15) is 9.59 Å². The third-order valence-corrected chi connectivity index (χ3v) is 4.59. The molecule has 1 aliphatic carbocycles. The highest BCUT2D eigenvalue weighted by molar-refractivity contribution is 5.84. The monoisotopic (exact) mass is 323 g/mol. The lowest BCUT2D eigenvalue weighted by molar-refractivity contribution is -0.122. The Morgan fingerprint density at radius 1 is 1.29 bits per heavy atom. The average Bonchev–Trinajstić information content (AvgIpc) is 3.09. The van der Waals surface area contributed by atoms with Crippen LogP contribution in [0.1, 0.15) is 37.8 Å². The van der Waals surface area contributed by atoms with E-state index in [0.717, 1.165) is 18.2 Å². The Morgan fingerprint density at radius 2 is 2.00 bits per heavy atom. The van der Waals surface area contributed by atoms with Crippen LogP contribution in [-0.2, 0) is 17.9 Å². The molecule has 0 aliphatic heterocycles. The van der Waals surface area contributed by atoms with E-state index in [1.807, 2.05) is 18.2 Å². The number of nitrogens with one attached hydrogen (secondary N) is 1. The van der Waals surface area contributed by atoms with Crippen molar-refractivity contribution in [2.45, 2.75) is 45.2 Å². The minimum absolute atomic E-state index is 0.0440. The number of nitrogens with zero attached hydrogens (tertiary/aromatic N) is 2. The van der Waals surface area contributed by atoms with Gasteiger partial charge in [0.1, 0.15) is 6.54 Å². The Labute approximate surface area is 141 Å². The number of hydrogen-bond acceptors (Lipinski definition) is 3. The minimum Gasteiger partial charge on any atom is -0.350 e. The van der Waals surface area contributed by atoms with E-state index in [0.29, 0.717) is 30.0 Å². The molecule has 1 heterocycles. The molecule has 1 amide bonds. The summed E-state index contributed by atoms with van der Waals surface area (Å²) in [5.74, 6) is 2.99. The number of amides is 1. The number of carbonyl (C=O) groups excluding carboxylic acids is 1. The second-order valence-corrected chi connectivity index (χ2v) is 6.29. The van der Waals surface area contributed by atoms with Crippen LogP contribution in [0.4, 0.5) is 0 Å². The number of benzene rings is 1. The first kappa shape index (κ1) is 16.3. The second-order valence-electron chi connectivity index (χ2n) is 6.29. The molecule has 124 valence electrons. The highest BCUT2D eigenvalue weighted by Crippen LogP contribution is 2.27. The third kappa shape index (κ3) is 3.48. The van der Waals surface area contributed by atoms with Crippen LogP contribution in [0.5, 0.6) is 0 Å². The molecular formula is C19H21N3O2. The molecule has 0 spiro atoms. The van der Waals surface area contributed by atoms with Crippen molar-refractivity contribution in [1.82, 2.24) is 15.1 Å². The molecule has 0 saturated heterocycles. The van der Waals surface area contributed by atoms with E-state index in [1.165, 1.54) is 17.5 Å². The van der Waals surface area contributed by atoms with Crippen molar-refractivity contribution < 1.29 is 4.79 Å². The molecule has 0 unspecified atom stereocenters. The SMILES string of the molecule is C#CCn1nc(CNC(=O)CC2CCCC2)c2ccccc2c1=O. The van der Waals surface area contributed by atoms with Crippen LogP contribution in [0.3, 0.4) is 0 Å². The highest BCUT2D eigenvalue weighted by Gasteiger charge is 2.18. The summed E-state index contributed by atoms with van der Waals surface area (Å²) in [5, 5.41) is 8.61. The fourth-order valence-corrected chi connectivity index (χ4v) is 3.36. The molecule has 0 atom stereocenters. The largest absolute Gasteiger partial charge is 0.350 e. The van der Waals surface area contributed by atoms with Crippen molar-refractivity contribution in [2.75, 3.05) is 0 Å². The lowest BCUT2D eigenvalue weighted by atomic mass is 10.0. The summed E-state index contributed by atoms with van der Waals surface area (Å²) in [4.78, 5) is 24.5. The van der Waals surface area contributed by atoms with Crippen molar-refractivity contribution >= 4 is 16.7 Å². The van der Waals surface area contributed by atoms with Crippen molar-refractivity contribution in [2.24, 2.45) is 5.92 Å². The van der Waals surface area contributed by atoms with Crippen molar-refractivity contribution in [3.63, 3.8) is 0 Å². The topological polar surface area (TPSA) is 64.0 Å². The van der Waals surface area contributed by atoms with E-state index in [4.69, 9.17) is 6.42 Å². The van der Waals surface area contributed by atoms with Crippen molar-refractivity contribution in [3.05, 3.63) is 40.3 Å². The molecule has 2 aromatic rings. The number of terminal acetylenes is 1. The number of fused-ring (bicyclic) bond motifs is 1. The lowest BCUT2D eigenvalue weighted by Gasteiger charge is -2.12. The lowest BCUT2D eigenvalue weighted by Crippen LogP contribution is -2.29. The zero-order valence-corrected chi connectivity index (χ0v) is 13.6. The molecule has 1 aromatic carbocycles. The quantitative estimate of drug-likeness (QED) is 0.858. The Hall–Kier alpha value is -2.61. The fourth-order valence-electron chi connectivity index (χ4n) is 3.36. The molecule has 0 radical (unpaired) electrons. The summed E-state index contributed by atoms with van der Waals surface area (Å²) >= 11 is 0. The first-order valence-electron chi connectivity index (χ1n) is 8.38. The zero-order valence-electron chi connectivity index (χ0n) is 13.6. The molecule has 1 aromatic heterocycles. The molecule has 3 rings (SSSR count). The van der Waals surface area contributed by atoms with Crippen LogP contribution in [0.25, 0.3) is 10.8 Å². The molecule has 1 fully saturated rings. The molecule has 24 heavy (non-hydrogen) atoms. The van der Waals surface area contributed by atoms with Gasteiger partial charge in [-0.2, -0.15) is 5.10 Å². The van der Waals surface area contributed by atoms with E-state index in [-0.39, 0.29) is 18.0 Å². The van der Waals surface area contributed by atoms with Gasteiger partial charge in [0.05, 0.1) is 17.6 Å². The molecule has 1 saturated carbocycles. The van der Waals surface area contributed by atoms with E-state index < -0.39 is 0 Å². The van der Waals surface area contributed by atoms with Gasteiger partial charge in [0.2, 0.25) is 5.91 Å². The standard InChI is InChI=1S/C19H21N3O2/c1-2-11-22-19(24)16-10-6-5-9-15(16)17(21-22)13-20-18(23)12-14-7-3-4-8-14/h1,5-6,9-10,14H,3-4,7-8,11-13H2,(H,20,23). The summed E-state index contributed by atoms with van der Waals surface area (Å²) < 4.78 is 1.28. The number of aromatic nitrogens is 2. The van der Waals surface area contributed by atoms with Gasteiger partial charge in [-0.3, -0.25) is 9.59 Å². The smallest absolute Gasteiger partial charge is 0.275 e. The summed E-state index contributed by atoms with van der Waals surface area (Å²) in [7, 11) is 0. The first-order valence-corrected chi connectivity index (χ1v) is 8.38. The summed E-state index contributed by atoms with van der Waals surface area (Å²) in [6.07, 6.45) is 10.6. The Balaban J connectivity index is 1.80. The number of hydrogen-bond donors (Lipinski definition) is 1. The van der Waals surface area contributed by atoms with Gasteiger partial charge in [-0.15, -0.1) is 6.42 Å². The average molecular weight is 323 g/mol. The number of carbonyl (C=O) groups is 1. The zero-order chi connectivity index (χ0) is 16.9. The van der Waals surface area contributed by atoms with E-state index in [1.54, 1.807) is 6.07 Å². The van der Waals surface area contributed by atoms with Gasteiger partial charge < -0.3 is 5.32 Å². The maximum absolute atomic E-state index is 12.4. The molecule has 1 N–H and O–H groups in total. The Morgan fingerprint density at radius 3 is 2.71 bits per heavy atom. The molecular weight excluding hydrogens is 302 g/mol. The predicted molar refractivity (Wildman–Crippen MR) is 93.3 cm³/mol. The van der Waals surface area contributed by atoms with E-state index in [2.05, 4.69) is 16.3 Å². The predicted octanol–water partition coefficient (Wildman–Crippen LogP) is 2.23. The van der Waals surface area contributed by atoms with Gasteiger partial charge in [0, 0.05) is 11.8 Å². The minimum atomic E-state index is -0.204. The first-order chi connectivity index (χ1) is 11.7. The van der Waals surface area contributed by atoms with Crippen LogP contribution in [-0.4, -0.2) is 15.7 Å². The second kappa shape index (κ2) is 7.31. The fraction of sp³-hybridized carbons (Fsp3) is 0.421. The summed E-state index contributed by atoms with van der Waals surface area (Å²) in [6, 6.07) is 7.28. The van der Waals surface area contributed by atoms with Gasteiger partial charge in [-0.25, -0.2) is 4.68 Å². The number of rotatable bonds is 5. The molecule has 5 nitrogen and oxygen atoms in total. The van der Waals surface area contributed by atoms with Crippen LogP contribution < -0.4 is 10.9 Å². The molecule has 5 heteroatoms. The maximum atomic E-state index is 12.4. The van der Waals surface area contributed by atoms with Gasteiger partial charge in [-0.05, 0) is 24.8 Å². The Kier molecular flexibility index (Phi) is 4.95. The molecule has 1 aliphatic rings. The summed E-state index contributed by atoms with van der Waals surface area (Å²) in [5.41, 5.74) is 0.463. The summed E-state index contributed by atoms with van der Waals surface area (Å²) in [6.45, 7) is 0.420. The van der Waals surface area contributed by atoms with Crippen molar-refractivity contribution in [3.8, 4) is 12.3 Å².